The van der Waals surface area contributed by atoms with Gasteiger partial charge in [0.1, 0.15) is 5.75 Å². The standard InChI is InChI=1S/C15H16O3S/c1-15(14(16)17-2,11-13-9-6-10-19-13)18-12-7-4-3-5-8-12/h3-10H,11H2,1-2H3. The Kier molecular flexibility index (Phi) is 4.22. The van der Waals surface area contributed by atoms with Gasteiger partial charge in [-0.25, -0.2) is 4.79 Å². The Morgan fingerprint density at radius 1 is 1.21 bits per heavy atom. The van der Waals surface area contributed by atoms with E-state index < -0.39 is 5.60 Å². The Bertz CT molecular complexity index is 522. The lowest BCUT2D eigenvalue weighted by atomic mass is 10.0. The maximum Gasteiger partial charge on any atom is 0.350 e. The molecular weight excluding hydrogens is 260 g/mol. The lowest BCUT2D eigenvalue weighted by molar-refractivity contribution is -0.157. The zero-order valence-electron chi connectivity index (χ0n) is 11.0. The third-order valence-electron chi connectivity index (χ3n) is 2.80. The summed E-state index contributed by atoms with van der Waals surface area (Å²) in [5, 5.41) is 1.98. The highest BCUT2D eigenvalue weighted by molar-refractivity contribution is 7.09. The van der Waals surface area contributed by atoms with Gasteiger partial charge in [0, 0.05) is 11.3 Å². The second kappa shape index (κ2) is 5.89. The monoisotopic (exact) mass is 276 g/mol. The zero-order valence-corrected chi connectivity index (χ0v) is 11.8. The van der Waals surface area contributed by atoms with Crippen LogP contribution >= 0.6 is 11.3 Å². The van der Waals surface area contributed by atoms with Crippen LogP contribution < -0.4 is 4.74 Å². The molecule has 0 spiro atoms. The van der Waals surface area contributed by atoms with Gasteiger partial charge in [-0.15, -0.1) is 11.3 Å². The lowest BCUT2D eigenvalue weighted by Crippen LogP contribution is -2.44. The quantitative estimate of drug-likeness (QED) is 0.786. The Labute approximate surface area is 116 Å². The molecule has 2 aromatic rings. The lowest BCUT2D eigenvalue weighted by Gasteiger charge is -2.27. The number of hydrogen-bond donors (Lipinski definition) is 0. The summed E-state index contributed by atoms with van der Waals surface area (Å²) in [5.74, 6) is 0.289. The molecule has 1 atom stereocenters. The summed E-state index contributed by atoms with van der Waals surface area (Å²) in [4.78, 5) is 13.1. The third-order valence-corrected chi connectivity index (χ3v) is 3.67. The van der Waals surface area contributed by atoms with E-state index in [1.54, 1.807) is 18.3 Å². The van der Waals surface area contributed by atoms with Crippen LogP contribution in [-0.4, -0.2) is 18.7 Å². The Hall–Kier alpha value is -1.81. The fourth-order valence-corrected chi connectivity index (χ4v) is 2.71. The highest BCUT2D eigenvalue weighted by Crippen LogP contribution is 2.25. The fraction of sp³-hybridized carbons (Fsp3) is 0.267. The fourth-order valence-electron chi connectivity index (χ4n) is 1.86. The van der Waals surface area contributed by atoms with Crippen molar-refractivity contribution < 1.29 is 14.3 Å². The SMILES string of the molecule is COC(=O)C(C)(Cc1cccs1)Oc1ccccc1. The first-order chi connectivity index (χ1) is 9.14. The van der Waals surface area contributed by atoms with Crippen molar-refractivity contribution in [3.8, 4) is 5.75 Å². The Morgan fingerprint density at radius 3 is 2.53 bits per heavy atom. The topological polar surface area (TPSA) is 35.5 Å². The molecule has 4 heteroatoms. The summed E-state index contributed by atoms with van der Waals surface area (Å²) in [6, 6.07) is 13.3. The smallest absolute Gasteiger partial charge is 0.350 e. The number of carbonyl (C=O) groups is 1. The molecule has 1 heterocycles. The van der Waals surface area contributed by atoms with Crippen molar-refractivity contribution in [1.29, 1.82) is 0 Å². The normalized spacial score (nSPS) is 13.6. The molecule has 100 valence electrons. The molecular formula is C15H16O3S. The van der Waals surface area contributed by atoms with Gasteiger partial charge in [-0.2, -0.15) is 0 Å². The van der Waals surface area contributed by atoms with Crippen LogP contribution in [0.1, 0.15) is 11.8 Å². The summed E-state index contributed by atoms with van der Waals surface area (Å²) in [6.07, 6.45) is 0.492. The van der Waals surface area contributed by atoms with E-state index in [4.69, 9.17) is 9.47 Å². The Balaban J connectivity index is 2.22. The number of para-hydroxylation sites is 1. The van der Waals surface area contributed by atoms with E-state index in [0.717, 1.165) is 4.88 Å². The van der Waals surface area contributed by atoms with Crippen molar-refractivity contribution in [3.63, 3.8) is 0 Å². The van der Waals surface area contributed by atoms with Gasteiger partial charge in [0.25, 0.3) is 0 Å². The summed E-state index contributed by atoms with van der Waals surface area (Å²) in [7, 11) is 1.38. The minimum atomic E-state index is -1.01. The van der Waals surface area contributed by atoms with Crippen LogP contribution in [0.15, 0.2) is 47.8 Å². The average Bonchev–Trinajstić information content (AvgIpc) is 2.91. The number of carbonyl (C=O) groups excluding carboxylic acids is 1. The van der Waals surface area contributed by atoms with Gasteiger partial charge in [-0.3, -0.25) is 0 Å². The van der Waals surface area contributed by atoms with E-state index in [2.05, 4.69) is 0 Å². The molecule has 0 N–H and O–H groups in total. The number of esters is 1. The first-order valence-corrected chi connectivity index (χ1v) is 6.87. The highest BCUT2D eigenvalue weighted by atomic mass is 32.1. The predicted octanol–water partition coefficient (Wildman–Crippen LogP) is 3.30. The van der Waals surface area contributed by atoms with Crippen molar-refractivity contribution in [2.45, 2.75) is 18.9 Å². The predicted molar refractivity (Wildman–Crippen MR) is 75.5 cm³/mol. The molecule has 0 radical (unpaired) electrons. The molecule has 0 aliphatic carbocycles. The molecule has 0 saturated carbocycles. The summed E-state index contributed by atoms with van der Waals surface area (Å²) < 4.78 is 10.7. The van der Waals surface area contributed by atoms with E-state index in [9.17, 15) is 4.79 Å². The first kappa shape index (κ1) is 13.6. The van der Waals surface area contributed by atoms with E-state index >= 15 is 0 Å². The van der Waals surface area contributed by atoms with E-state index in [1.807, 2.05) is 47.8 Å². The summed E-state index contributed by atoms with van der Waals surface area (Å²) in [5.41, 5.74) is -1.01. The van der Waals surface area contributed by atoms with Crippen LogP contribution in [0, 0.1) is 0 Å². The van der Waals surface area contributed by atoms with Gasteiger partial charge < -0.3 is 9.47 Å². The minimum Gasteiger partial charge on any atom is -0.475 e. The van der Waals surface area contributed by atoms with Crippen LogP contribution in [0.3, 0.4) is 0 Å². The van der Waals surface area contributed by atoms with Gasteiger partial charge in [0.15, 0.2) is 0 Å². The maximum atomic E-state index is 12.0. The van der Waals surface area contributed by atoms with Crippen LogP contribution in [0.5, 0.6) is 5.75 Å². The van der Waals surface area contributed by atoms with E-state index in [1.165, 1.54) is 7.11 Å². The highest BCUT2D eigenvalue weighted by Gasteiger charge is 2.37. The molecule has 1 unspecified atom stereocenters. The molecule has 0 aliphatic heterocycles. The molecule has 1 aromatic heterocycles. The van der Waals surface area contributed by atoms with Crippen molar-refractivity contribution in [1.82, 2.24) is 0 Å². The molecule has 2 rings (SSSR count). The molecule has 0 amide bonds. The molecule has 1 aromatic carbocycles. The zero-order chi connectivity index (χ0) is 13.7. The second-order valence-corrected chi connectivity index (χ2v) is 5.43. The van der Waals surface area contributed by atoms with Crippen molar-refractivity contribution in [2.75, 3.05) is 7.11 Å². The molecule has 0 bridgehead atoms. The summed E-state index contributed by atoms with van der Waals surface area (Å²) in [6.45, 7) is 1.76. The number of rotatable bonds is 5. The molecule has 0 fully saturated rings. The van der Waals surface area contributed by atoms with Crippen molar-refractivity contribution in [2.24, 2.45) is 0 Å². The number of methoxy groups -OCH3 is 1. The third kappa shape index (κ3) is 3.35. The average molecular weight is 276 g/mol. The van der Waals surface area contributed by atoms with Crippen molar-refractivity contribution in [3.05, 3.63) is 52.7 Å². The van der Waals surface area contributed by atoms with Crippen LogP contribution in [0.2, 0.25) is 0 Å². The van der Waals surface area contributed by atoms with Gasteiger partial charge in [-0.05, 0) is 30.5 Å². The largest absolute Gasteiger partial charge is 0.475 e. The molecule has 0 aliphatic rings. The minimum absolute atomic E-state index is 0.371. The second-order valence-electron chi connectivity index (χ2n) is 4.39. The van der Waals surface area contributed by atoms with E-state index in [0.29, 0.717) is 12.2 Å². The van der Waals surface area contributed by atoms with Crippen LogP contribution in [0.4, 0.5) is 0 Å². The number of hydrogen-bond acceptors (Lipinski definition) is 4. The molecule has 3 nitrogen and oxygen atoms in total. The van der Waals surface area contributed by atoms with Crippen LogP contribution in [-0.2, 0) is 16.0 Å². The summed E-state index contributed by atoms with van der Waals surface area (Å²) >= 11 is 1.60. The van der Waals surface area contributed by atoms with E-state index in [-0.39, 0.29) is 5.97 Å². The maximum absolute atomic E-state index is 12.0. The van der Waals surface area contributed by atoms with Gasteiger partial charge in [0.2, 0.25) is 5.60 Å². The molecule has 19 heavy (non-hydrogen) atoms. The van der Waals surface area contributed by atoms with Gasteiger partial charge in [0.05, 0.1) is 7.11 Å². The van der Waals surface area contributed by atoms with Crippen molar-refractivity contribution >= 4 is 17.3 Å². The first-order valence-electron chi connectivity index (χ1n) is 5.99. The van der Waals surface area contributed by atoms with Crippen LogP contribution in [0.25, 0.3) is 0 Å². The number of benzene rings is 1. The number of thiophene rings is 1. The number of ether oxygens (including phenoxy) is 2. The Morgan fingerprint density at radius 2 is 1.95 bits per heavy atom. The van der Waals surface area contributed by atoms with Gasteiger partial charge in [-0.1, -0.05) is 24.3 Å². The van der Waals surface area contributed by atoms with Gasteiger partial charge >= 0.3 is 5.97 Å². The molecule has 0 saturated heterocycles.